The van der Waals surface area contributed by atoms with E-state index in [1.54, 1.807) is 18.2 Å². The van der Waals surface area contributed by atoms with E-state index in [1.807, 2.05) is 26.0 Å². The van der Waals surface area contributed by atoms with Crippen LogP contribution >= 0.6 is 15.9 Å². The molecule has 0 atom stereocenters. The van der Waals surface area contributed by atoms with Crippen molar-refractivity contribution in [3.63, 3.8) is 0 Å². The zero-order valence-corrected chi connectivity index (χ0v) is 16.0. The molecule has 2 heterocycles. The van der Waals surface area contributed by atoms with Gasteiger partial charge in [-0.1, -0.05) is 39.3 Å². The highest BCUT2D eigenvalue weighted by Gasteiger charge is 2.18. The fraction of sp³-hybridized carbons (Fsp3) is 0.150. The number of furan rings is 1. The number of rotatable bonds is 3. The van der Waals surface area contributed by atoms with E-state index >= 15 is 0 Å². The molecule has 2 aromatic carbocycles. The van der Waals surface area contributed by atoms with Gasteiger partial charge in [0.1, 0.15) is 5.58 Å². The predicted octanol–water partition coefficient (Wildman–Crippen LogP) is 5.73. The molecular formula is C20H15BrN2O3. The van der Waals surface area contributed by atoms with Crippen LogP contribution in [0.4, 0.5) is 0 Å². The maximum Gasteiger partial charge on any atom is 0.293 e. The number of aromatic nitrogens is 2. The molecule has 0 N–H and O–H groups in total. The van der Waals surface area contributed by atoms with Crippen LogP contribution in [0, 0.1) is 13.8 Å². The minimum absolute atomic E-state index is 0.000865. The Morgan fingerprint density at radius 2 is 1.85 bits per heavy atom. The highest BCUT2D eigenvalue weighted by atomic mass is 79.9. The molecule has 0 unspecified atom stereocenters. The summed E-state index contributed by atoms with van der Waals surface area (Å²) in [6, 6.07) is 11.3. The Morgan fingerprint density at radius 3 is 2.54 bits per heavy atom. The van der Waals surface area contributed by atoms with Crippen molar-refractivity contribution in [3.05, 3.63) is 57.6 Å². The highest BCUT2D eigenvalue weighted by molar-refractivity contribution is 9.10. The van der Waals surface area contributed by atoms with Crippen LogP contribution in [-0.4, -0.2) is 15.9 Å². The van der Waals surface area contributed by atoms with Crippen LogP contribution in [0.5, 0.6) is 0 Å². The fourth-order valence-corrected chi connectivity index (χ4v) is 3.40. The molecule has 0 aliphatic rings. The summed E-state index contributed by atoms with van der Waals surface area (Å²) in [7, 11) is 0. The second kappa shape index (κ2) is 6.21. The molecule has 0 aliphatic carbocycles. The molecule has 0 radical (unpaired) electrons. The largest absolute Gasteiger partial charge is 0.451 e. The quantitative estimate of drug-likeness (QED) is 0.403. The van der Waals surface area contributed by atoms with Gasteiger partial charge in [-0.3, -0.25) is 4.79 Å². The number of carbonyl (C=O) groups is 1. The van der Waals surface area contributed by atoms with Crippen LogP contribution in [0.25, 0.3) is 34.0 Å². The molecule has 0 saturated heterocycles. The molecule has 4 aromatic rings. The van der Waals surface area contributed by atoms with Gasteiger partial charge in [-0.15, -0.1) is 0 Å². The monoisotopic (exact) mass is 410 g/mol. The molecule has 0 fully saturated rings. The first-order chi connectivity index (χ1) is 12.4. The summed E-state index contributed by atoms with van der Waals surface area (Å²) in [4.78, 5) is 15.9. The molecule has 6 heteroatoms. The van der Waals surface area contributed by atoms with Crippen molar-refractivity contribution in [2.45, 2.75) is 20.8 Å². The van der Waals surface area contributed by atoms with E-state index in [0.29, 0.717) is 23.0 Å². The molecule has 130 valence electrons. The SMILES string of the molecule is CC(=O)c1ccc(-c2noc(-c3cc4c(C)ccc(C)c4o3)n2)c(Br)c1. The van der Waals surface area contributed by atoms with Gasteiger partial charge in [0, 0.05) is 21.0 Å². The molecule has 4 rings (SSSR count). The van der Waals surface area contributed by atoms with Crippen molar-refractivity contribution < 1.29 is 13.7 Å². The predicted molar refractivity (Wildman–Crippen MR) is 102 cm³/mol. The minimum Gasteiger partial charge on any atom is -0.451 e. The van der Waals surface area contributed by atoms with Crippen molar-refractivity contribution in [3.8, 4) is 23.0 Å². The number of carbonyl (C=O) groups excluding carboxylic acids is 1. The average Bonchev–Trinajstić information content (AvgIpc) is 3.25. The van der Waals surface area contributed by atoms with Crippen molar-refractivity contribution in [1.82, 2.24) is 10.1 Å². The number of nitrogens with zero attached hydrogens (tertiary/aromatic N) is 2. The molecule has 2 aromatic heterocycles. The molecule has 0 aliphatic heterocycles. The number of fused-ring (bicyclic) bond motifs is 1. The molecule has 0 bridgehead atoms. The zero-order valence-electron chi connectivity index (χ0n) is 14.5. The van der Waals surface area contributed by atoms with E-state index in [4.69, 9.17) is 8.94 Å². The van der Waals surface area contributed by atoms with E-state index in [9.17, 15) is 4.79 Å². The average molecular weight is 411 g/mol. The van der Waals surface area contributed by atoms with Crippen LogP contribution in [0.2, 0.25) is 0 Å². The first kappa shape index (κ1) is 16.7. The zero-order chi connectivity index (χ0) is 18.4. The lowest BCUT2D eigenvalue weighted by Crippen LogP contribution is -1.93. The Labute approximate surface area is 158 Å². The molecule has 5 nitrogen and oxygen atoms in total. The summed E-state index contributed by atoms with van der Waals surface area (Å²) in [5.41, 5.74) is 4.37. The van der Waals surface area contributed by atoms with Crippen LogP contribution < -0.4 is 0 Å². The van der Waals surface area contributed by atoms with E-state index in [-0.39, 0.29) is 5.78 Å². The van der Waals surface area contributed by atoms with Crippen LogP contribution in [0.3, 0.4) is 0 Å². The highest BCUT2D eigenvalue weighted by Crippen LogP contribution is 2.33. The topological polar surface area (TPSA) is 69.1 Å². The van der Waals surface area contributed by atoms with Gasteiger partial charge in [0.25, 0.3) is 5.89 Å². The fourth-order valence-electron chi connectivity index (χ4n) is 2.85. The Bertz CT molecular complexity index is 1120. The summed E-state index contributed by atoms with van der Waals surface area (Å²) in [5.74, 6) is 1.28. The van der Waals surface area contributed by atoms with Crippen LogP contribution in [0.15, 0.2) is 49.8 Å². The Morgan fingerprint density at radius 1 is 1.08 bits per heavy atom. The lowest BCUT2D eigenvalue weighted by molar-refractivity contribution is 0.101. The van der Waals surface area contributed by atoms with Crippen molar-refractivity contribution >= 4 is 32.7 Å². The van der Waals surface area contributed by atoms with Gasteiger partial charge in [-0.25, -0.2) is 0 Å². The lowest BCUT2D eigenvalue weighted by atomic mass is 10.1. The summed E-state index contributed by atoms with van der Waals surface area (Å²) in [5, 5.41) is 5.09. The summed E-state index contributed by atoms with van der Waals surface area (Å²) >= 11 is 3.47. The number of hydrogen-bond acceptors (Lipinski definition) is 5. The van der Waals surface area contributed by atoms with Gasteiger partial charge >= 0.3 is 0 Å². The molecule has 0 saturated carbocycles. The number of ketones is 1. The Balaban J connectivity index is 1.76. The van der Waals surface area contributed by atoms with Crippen molar-refractivity contribution in [2.75, 3.05) is 0 Å². The Hall–Kier alpha value is -2.73. The normalized spacial score (nSPS) is 11.2. The van der Waals surface area contributed by atoms with Gasteiger partial charge in [0.05, 0.1) is 0 Å². The van der Waals surface area contributed by atoms with E-state index in [2.05, 4.69) is 32.1 Å². The third-order valence-corrected chi connectivity index (χ3v) is 5.01. The molecule has 0 spiro atoms. The standard InChI is InChI=1S/C20H15BrN2O3/c1-10-4-5-11(2)18-15(10)9-17(25-18)20-22-19(23-26-20)14-7-6-13(12(3)24)8-16(14)21/h4-9H,1-3H3. The third kappa shape index (κ3) is 2.76. The molecular weight excluding hydrogens is 396 g/mol. The number of halogens is 1. The number of benzene rings is 2. The van der Waals surface area contributed by atoms with Crippen molar-refractivity contribution in [2.24, 2.45) is 0 Å². The van der Waals surface area contributed by atoms with Gasteiger partial charge in [0.2, 0.25) is 5.82 Å². The second-order valence-electron chi connectivity index (χ2n) is 6.23. The first-order valence-electron chi connectivity index (χ1n) is 8.08. The van der Waals surface area contributed by atoms with Crippen LogP contribution in [0.1, 0.15) is 28.4 Å². The van der Waals surface area contributed by atoms with Crippen molar-refractivity contribution in [1.29, 1.82) is 0 Å². The van der Waals surface area contributed by atoms with Gasteiger partial charge in [-0.2, -0.15) is 4.98 Å². The number of hydrogen-bond donors (Lipinski definition) is 0. The second-order valence-corrected chi connectivity index (χ2v) is 7.08. The van der Waals surface area contributed by atoms with Crippen LogP contribution in [-0.2, 0) is 0 Å². The van der Waals surface area contributed by atoms with E-state index in [0.717, 1.165) is 32.1 Å². The van der Waals surface area contributed by atoms with Gasteiger partial charge < -0.3 is 8.94 Å². The van der Waals surface area contributed by atoms with E-state index in [1.165, 1.54) is 6.92 Å². The first-order valence-corrected chi connectivity index (χ1v) is 8.88. The minimum atomic E-state index is -0.000865. The lowest BCUT2D eigenvalue weighted by Gasteiger charge is -2.01. The van der Waals surface area contributed by atoms with Gasteiger partial charge in [-0.05, 0) is 50.1 Å². The summed E-state index contributed by atoms with van der Waals surface area (Å²) in [6.45, 7) is 5.56. The summed E-state index contributed by atoms with van der Waals surface area (Å²) < 4.78 is 12.1. The third-order valence-electron chi connectivity index (χ3n) is 4.35. The molecule has 26 heavy (non-hydrogen) atoms. The van der Waals surface area contributed by atoms with E-state index < -0.39 is 0 Å². The summed E-state index contributed by atoms with van der Waals surface area (Å²) in [6.07, 6.45) is 0. The smallest absolute Gasteiger partial charge is 0.293 e. The maximum absolute atomic E-state index is 11.5. The molecule has 0 amide bonds. The Kier molecular flexibility index (Phi) is 4.00. The number of Topliss-reactive ketones (excluding diaryl/α,β-unsaturated/α-hetero) is 1. The number of aryl methyl sites for hydroxylation is 2. The maximum atomic E-state index is 11.5. The van der Waals surface area contributed by atoms with Gasteiger partial charge in [0.15, 0.2) is 11.5 Å².